The van der Waals surface area contributed by atoms with Crippen LogP contribution in [-0.4, -0.2) is 55.6 Å². The van der Waals surface area contributed by atoms with Gasteiger partial charge in [-0.05, 0) is 25.1 Å². The molecule has 33 heavy (non-hydrogen) atoms. The Bertz CT molecular complexity index is 1330. The molecular formula is C22H23N7O3S. The number of nitrogens with one attached hydrogen (secondary N) is 3. The summed E-state index contributed by atoms with van der Waals surface area (Å²) in [5.41, 5.74) is 1.24. The number of H-pyrrole nitrogens is 1. The van der Waals surface area contributed by atoms with Crippen LogP contribution in [0.15, 0.2) is 47.5 Å². The molecule has 1 aromatic carbocycles. The minimum atomic E-state index is -3.93. The van der Waals surface area contributed by atoms with E-state index in [0.717, 1.165) is 6.21 Å². The second-order valence-electron chi connectivity index (χ2n) is 7.44. The Kier molecular flexibility index (Phi) is 6.41. The minimum Gasteiger partial charge on any atom is -0.377 e. The standard InChI is InChI=1S/C22H23N7O3S/c1-15-14-32-11-10-29(15)21-12-17(7-6-16-4-2-3-5-19(16)33(24,30)31)18(13-23)22(27-21)26-20-8-9-25-28-20/h2-5,8-9,12-13,15,23H,10-11,14H2,1H3,(H2,24,30,31)(H2,25,26,27,28)/t15-/m1/s1. The molecule has 1 atom stereocenters. The zero-order chi connectivity index (χ0) is 23.4. The molecule has 3 aromatic rings. The summed E-state index contributed by atoms with van der Waals surface area (Å²) in [7, 11) is -3.93. The predicted molar refractivity (Wildman–Crippen MR) is 125 cm³/mol. The molecule has 0 aliphatic carbocycles. The van der Waals surface area contributed by atoms with Gasteiger partial charge in [0.25, 0.3) is 0 Å². The number of anilines is 3. The van der Waals surface area contributed by atoms with Crippen LogP contribution >= 0.6 is 0 Å². The number of hydrogen-bond acceptors (Lipinski definition) is 8. The lowest BCUT2D eigenvalue weighted by Gasteiger charge is -2.34. The van der Waals surface area contributed by atoms with E-state index in [1.807, 2.05) is 6.92 Å². The summed E-state index contributed by atoms with van der Waals surface area (Å²) in [5, 5.41) is 23.2. The normalized spacial score (nSPS) is 16.1. The van der Waals surface area contributed by atoms with Crippen molar-refractivity contribution in [2.45, 2.75) is 17.9 Å². The molecule has 10 nitrogen and oxygen atoms in total. The Morgan fingerprint density at radius 3 is 2.79 bits per heavy atom. The summed E-state index contributed by atoms with van der Waals surface area (Å²) in [5.74, 6) is 7.63. The van der Waals surface area contributed by atoms with Crippen molar-refractivity contribution in [2.24, 2.45) is 5.14 Å². The highest BCUT2D eigenvalue weighted by Crippen LogP contribution is 2.27. The quantitative estimate of drug-likeness (QED) is 0.331. The average Bonchev–Trinajstić information content (AvgIpc) is 3.30. The second kappa shape index (κ2) is 9.41. The Balaban J connectivity index is 1.85. The van der Waals surface area contributed by atoms with E-state index in [2.05, 4.69) is 32.3 Å². The van der Waals surface area contributed by atoms with Gasteiger partial charge in [-0.3, -0.25) is 5.10 Å². The maximum Gasteiger partial charge on any atom is 0.239 e. The summed E-state index contributed by atoms with van der Waals surface area (Å²) in [6, 6.07) is 9.92. The molecule has 0 amide bonds. The van der Waals surface area contributed by atoms with Crippen molar-refractivity contribution in [3.05, 3.63) is 59.3 Å². The Morgan fingerprint density at radius 2 is 2.09 bits per heavy atom. The van der Waals surface area contributed by atoms with Crippen molar-refractivity contribution in [1.82, 2.24) is 15.2 Å². The summed E-state index contributed by atoms with van der Waals surface area (Å²) < 4.78 is 29.4. The fraction of sp³-hybridized carbons (Fsp3) is 0.227. The number of nitrogens with two attached hydrogens (primary N) is 1. The number of primary sulfonamides is 1. The average molecular weight is 466 g/mol. The first-order valence-electron chi connectivity index (χ1n) is 10.2. The maximum atomic E-state index is 11.9. The highest BCUT2D eigenvalue weighted by molar-refractivity contribution is 7.89. The molecule has 1 saturated heterocycles. The molecule has 170 valence electrons. The molecule has 0 radical (unpaired) electrons. The van der Waals surface area contributed by atoms with Gasteiger partial charge in [0.2, 0.25) is 10.0 Å². The number of hydrogen-bond donors (Lipinski definition) is 4. The number of aromatic amines is 1. The van der Waals surface area contributed by atoms with E-state index in [1.54, 1.807) is 36.5 Å². The van der Waals surface area contributed by atoms with Gasteiger partial charge in [0.15, 0.2) is 0 Å². The maximum absolute atomic E-state index is 11.9. The molecule has 1 aliphatic rings. The number of ether oxygens (including phenoxy) is 1. The molecular weight excluding hydrogens is 442 g/mol. The molecule has 1 aliphatic heterocycles. The minimum absolute atomic E-state index is 0.0548. The van der Waals surface area contributed by atoms with Crippen molar-refractivity contribution in [3.8, 4) is 11.8 Å². The number of morpholine rings is 1. The van der Waals surface area contributed by atoms with E-state index in [-0.39, 0.29) is 16.5 Å². The van der Waals surface area contributed by atoms with Gasteiger partial charge in [-0.25, -0.2) is 18.5 Å². The smallest absolute Gasteiger partial charge is 0.239 e. The summed E-state index contributed by atoms with van der Waals surface area (Å²) in [4.78, 5) is 6.80. The first-order valence-corrected chi connectivity index (χ1v) is 11.7. The SMILES string of the molecule is C[C@@H]1COCCN1c1cc(C#Cc2ccccc2S(N)(=O)=O)c(C=N)c(Nc2ccn[nH]2)n1. The van der Waals surface area contributed by atoms with Crippen molar-refractivity contribution in [1.29, 1.82) is 5.41 Å². The van der Waals surface area contributed by atoms with E-state index in [0.29, 0.717) is 48.3 Å². The van der Waals surface area contributed by atoms with Crippen LogP contribution in [0.4, 0.5) is 17.5 Å². The Morgan fingerprint density at radius 1 is 1.30 bits per heavy atom. The van der Waals surface area contributed by atoms with E-state index in [9.17, 15) is 8.42 Å². The van der Waals surface area contributed by atoms with E-state index in [1.165, 1.54) is 6.07 Å². The van der Waals surface area contributed by atoms with Crippen molar-refractivity contribution in [3.63, 3.8) is 0 Å². The first-order chi connectivity index (χ1) is 15.9. The van der Waals surface area contributed by atoms with Gasteiger partial charge < -0.3 is 20.4 Å². The van der Waals surface area contributed by atoms with Crippen molar-refractivity contribution in [2.75, 3.05) is 30.0 Å². The largest absolute Gasteiger partial charge is 0.377 e. The number of nitrogens with zero attached hydrogens (tertiary/aromatic N) is 3. The van der Waals surface area contributed by atoms with Gasteiger partial charge in [0.1, 0.15) is 17.5 Å². The number of benzene rings is 1. The van der Waals surface area contributed by atoms with Gasteiger partial charge in [-0.1, -0.05) is 24.0 Å². The van der Waals surface area contributed by atoms with Crippen LogP contribution < -0.4 is 15.4 Å². The third-order valence-corrected chi connectivity index (χ3v) is 6.10. The molecule has 0 unspecified atom stereocenters. The predicted octanol–water partition coefficient (Wildman–Crippen LogP) is 1.82. The lowest BCUT2D eigenvalue weighted by atomic mass is 10.1. The topological polar surface area (TPSA) is 150 Å². The van der Waals surface area contributed by atoms with Crippen molar-refractivity contribution < 1.29 is 13.2 Å². The molecule has 0 saturated carbocycles. The lowest BCUT2D eigenvalue weighted by molar-refractivity contribution is 0.0985. The van der Waals surface area contributed by atoms with E-state index >= 15 is 0 Å². The van der Waals surface area contributed by atoms with Crippen LogP contribution in [0.5, 0.6) is 0 Å². The number of pyridine rings is 1. The fourth-order valence-corrected chi connectivity index (χ4v) is 4.20. The van der Waals surface area contributed by atoms with Crippen LogP contribution in [0.3, 0.4) is 0 Å². The molecule has 2 aromatic heterocycles. The van der Waals surface area contributed by atoms with Gasteiger partial charge in [0, 0.05) is 30.0 Å². The van der Waals surface area contributed by atoms with Crippen LogP contribution in [0, 0.1) is 17.3 Å². The van der Waals surface area contributed by atoms with Gasteiger partial charge in [-0.2, -0.15) is 5.10 Å². The molecule has 4 rings (SSSR count). The zero-order valence-corrected chi connectivity index (χ0v) is 18.7. The number of rotatable bonds is 5. The second-order valence-corrected chi connectivity index (χ2v) is 8.97. The summed E-state index contributed by atoms with van der Waals surface area (Å²) in [6.07, 6.45) is 2.76. The van der Waals surface area contributed by atoms with Crippen molar-refractivity contribution >= 4 is 33.7 Å². The van der Waals surface area contributed by atoms with Gasteiger partial charge in [-0.15, -0.1) is 0 Å². The van der Waals surface area contributed by atoms with Gasteiger partial charge >= 0.3 is 0 Å². The third-order valence-electron chi connectivity index (χ3n) is 5.13. The monoisotopic (exact) mass is 465 g/mol. The van der Waals surface area contributed by atoms with Crippen LogP contribution in [0.2, 0.25) is 0 Å². The molecule has 1 fully saturated rings. The molecule has 11 heteroatoms. The first kappa shape index (κ1) is 22.5. The lowest BCUT2D eigenvalue weighted by Crippen LogP contribution is -2.44. The summed E-state index contributed by atoms with van der Waals surface area (Å²) in [6.45, 7) is 3.84. The Hall–Kier alpha value is -3.72. The molecule has 0 spiro atoms. The van der Waals surface area contributed by atoms with Crippen LogP contribution in [-0.2, 0) is 14.8 Å². The molecule has 5 N–H and O–H groups in total. The third kappa shape index (κ3) is 5.04. The fourth-order valence-electron chi connectivity index (χ4n) is 3.51. The number of sulfonamides is 1. The zero-order valence-electron chi connectivity index (χ0n) is 17.9. The van der Waals surface area contributed by atoms with Gasteiger partial charge in [0.05, 0.1) is 35.9 Å². The number of aromatic nitrogens is 3. The highest BCUT2D eigenvalue weighted by atomic mass is 32.2. The van der Waals surface area contributed by atoms with Crippen LogP contribution in [0.25, 0.3) is 0 Å². The van der Waals surface area contributed by atoms with Crippen LogP contribution in [0.1, 0.15) is 23.6 Å². The Labute approximate surface area is 191 Å². The molecule has 3 heterocycles. The van der Waals surface area contributed by atoms with E-state index in [4.69, 9.17) is 20.3 Å². The summed E-state index contributed by atoms with van der Waals surface area (Å²) >= 11 is 0. The highest BCUT2D eigenvalue weighted by Gasteiger charge is 2.22. The molecule has 0 bridgehead atoms. The van der Waals surface area contributed by atoms with E-state index < -0.39 is 10.0 Å².